The van der Waals surface area contributed by atoms with Crippen molar-refractivity contribution in [2.24, 2.45) is 0 Å². The highest BCUT2D eigenvalue weighted by Gasteiger charge is 2.35. The molecule has 0 radical (unpaired) electrons. The molecule has 0 aromatic heterocycles. The molecule has 1 N–H and O–H groups in total. The molecule has 2 aliphatic rings. The predicted octanol–water partition coefficient (Wildman–Crippen LogP) is 2.20. The van der Waals surface area contributed by atoms with Crippen molar-refractivity contribution in [2.75, 3.05) is 13.1 Å². The quantitative estimate of drug-likeness (QED) is 0.928. The smallest absolute Gasteiger partial charge is 0.265 e. The Hall–Kier alpha value is -1.75. The third-order valence-corrected chi connectivity index (χ3v) is 4.71. The van der Waals surface area contributed by atoms with Crippen LogP contribution in [0.1, 0.15) is 33.6 Å². The van der Waals surface area contributed by atoms with Gasteiger partial charge in [-0.2, -0.15) is 0 Å². The lowest BCUT2D eigenvalue weighted by atomic mass is 10.0. The predicted molar refractivity (Wildman–Crippen MR) is 88.8 cm³/mol. The maximum Gasteiger partial charge on any atom is 0.265 e. The molecule has 1 saturated heterocycles. The molecule has 1 fully saturated rings. The van der Waals surface area contributed by atoms with Gasteiger partial charge in [-0.3, -0.25) is 4.79 Å². The largest absolute Gasteiger partial charge is 0.482 e. The van der Waals surface area contributed by atoms with Crippen LogP contribution in [0.4, 0.5) is 0 Å². The van der Waals surface area contributed by atoms with Crippen LogP contribution in [0, 0.1) is 0 Å². The molecule has 2 heterocycles. The van der Waals surface area contributed by atoms with Crippen molar-refractivity contribution in [3.63, 3.8) is 0 Å². The van der Waals surface area contributed by atoms with E-state index in [4.69, 9.17) is 9.47 Å². The van der Waals surface area contributed by atoms with Crippen molar-refractivity contribution >= 4 is 5.91 Å². The van der Waals surface area contributed by atoms with E-state index in [9.17, 15) is 4.79 Å². The Labute approximate surface area is 137 Å². The molecule has 1 aromatic carbocycles. The summed E-state index contributed by atoms with van der Waals surface area (Å²) in [6.45, 7) is 8.37. The Morgan fingerprint density at radius 1 is 1.17 bits per heavy atom. The second-order valence-electron chi connectivity index (χ2n) is 6.72. The maximum atomic E-state index is 12.6. The molecule has 3 rings (SSSR count). The number of hydrogen-bond donors (Lipinski definition) is 1. The average molecular weight is 318 g/mol. The molecule has 0 saturated carbocycles. The number of fused-ring (bicyclic) bond motifs is 1. The molecule has 0 spiro atoms. The number of para-hydroxylation sites is 2. The molecule has 0 aliphatic carbocycles. The Bertz CT molecular complexity index is 553. The SMILES string of the molecule is CC1Oc2ccccc2OC1C(=O)NC1CCN(C(C)C)CC1. The highest BCUT2D eigenvalue weighted by atomic mass is 16.6. The van der Waals surface area contributed by atoms with Crippen LogP contribution >= 0.6 is 0 Å². The van der Waals surface area contributed by atoms with Gasteiger partial charge in [-0.25, -0.2) is 0 Å². The van der Waals surface area contributed by atoms with E-state index in [2.05, 4.69) is 24.1 Å². The fraction of sp³-hybridized carbons (Fsp3) is 0.611. The van der Waals surface area contributed by atoms with E-state index in [1.54, 1.807) is 0 Å². The van der Waals surface area contributed by atoms with Crippen LogP contribution in [0.15, 0.2) is 24.3 Å². The van der Waals surface area contributed by atoms with Crippen molar-refractivity contribution in [3.05, 3.63) is 24.3 Å². The van der Waals surface area contributed by atoms with Crippen LogP contribution in [-0.2, 0) is 4.79 Å². The lowest BCUT2D eigenvalue weighted by Gasteiger charge is -2.36. The fourth-order valence-corrected chi connectivity index (χ4v) is 3.25. The van der Waals surface area contributed by atoms with E-state index < -0.39 is 6.10 Å². The summed E-state index contributed by atoms with van der Waals surface area (Å²) in [7, 11) is 0. The summed E-state index contributed by atoms with van der Waals surface area (Å²) in [6.07, 6.45) is 1.10. The Kier molecular flexibility index (Phi) is 4.76. The Morgan fingerprint density at radius 3 is 2.39 bits per heavy atom. The number of nitrogens with one attached hydrogen (secondary N) is 1. The van der Waals surface area contributed by atoms with Crippen molar-refractivity contribution < 1.29 is 14.3 Å². The lowest BCUT2D eigenvalue weighted by molar-refractivity contribution is -0.134. The second-order valence-corrected chi connectivity index (χ2v) is 6.72. The number of carbonyl (C=O) groups is 1. The standard InChI is InChI=1S/C18H26N2O3/c1-12(2)20-10-8-14(9-11-20)19-18(21)17-13(3)22-15-6-4-5-7-16(15)23-17/h4-7,12-14,17H,8-11H2,1-3H3,(H,19,21). The number of benzene rings is 1. The molecule has 2 unspecified atom stereocenters. The van der Waals surface area contributed by atoms with Crippen molar-refractivity contribution in [2.45, 2.75) is 57.9 Å². The number of nitrogens with zero attached hydrogens (tertiary/aromatic N) is 1. The number of rotatable bonds is 3. The first-order valence-electron chi connectivity index (χ1n) is 8.51. The molecule has 1 aromatic rings. The molecule has 5 heteroatoms. The lowest BCUT2D eigenvalue weighted by Crippen LogP contribution is -2.54. The molecule has 23 heavy (non-hydrogen) atoms. The van der Waals surface area contributed by atoms with Gasteiger partial charge in [-0.1, -0.05) is 12.1 Å². The normalized spacial score (nSPS) is 25.4. The third-order valence-electron chi connectivity index (χ3n) is 4.71. The summed E-state index contributed by atoms with van der Waals surface area (Å²) in [6, 6.07) is 8.28. The van der Waals surface area contributed by atoms with Gasteiger partial charge < -0.3 is 19.7 Å². The van der Waals surface area contributed by atoms with E-state index in [0.717, 1.165) is 25.9 Å². The summed E-state index contributed by atoms with van der Waals surface area (Å²) >= 11 is 0. The van der Waals surface area contributed by atoms with E-state index in [-0.39, 0.29) is 18.1 Å². The molecular weight excluding hydrogens is 292 g/mol. The first-order valence-corrected chi connectivity index (χ1v) is 8.51. The number of carbonyl (C=O) groups excluding carboxylic acids is 1. The van der Waals surface area contributed by atoms with Gasteiger partial charge in [0, 0.05) is 25.2 Å². The number of ether oxygens (including phenoxy) is 2. The number of amides is 1. The first-order chi connectivity index (χ1) is 11.0. The summed E-state index contributed by atoms with van der Waals surface area (Å²) in [5.41, 5.74) is 0. The van der Waals surface area contributed by atoms with Gasteiger partial charge in [0.25, 0.3) is 5.91 Å². The van der Waals surface area contributed by atoms with E-state index in [1.807, 2.05) is 31.2 Å². The second kappa shape index (κ2) is 6.79. The van der Waals surface area contributed by atoms with E-state index in [1.165, 1.54) is 0 Å². The van der Waals surface area contributed by atoms with Gasteiger partial charge in [0.05, 0.1) is 0 Å². The minimum Gasteiger partial charge on any atom is -0.482 e. The van der Waals surface area contributed by atoms with Crippen LogP contribution in [-0.4, -0.2) is 48.2 Å². The maximum absolute atomic E-state index is 12.6. The molecule has 2 aliphatic heterocycles. The summed E-state index contributed by atoms with van der Waals surface area (Å²) in [4.78, 5) is 15.0. The minimum absolute atomic E-state index is 0.0741. The van der Waals surface area contributed by atoms with Gasteiger partial charge in [0.2, 0.25) is 6.10 Å². The number of hydrogen-bond acceptors (Lipinski definition) is 4. The summed E-state index contributed by atoms with van der Waals surface area (Å²) < 4.78 is 11.7. The van der Waals surface area contributed by atoms with Crippen LogP contribution < -0.4 is 14.8 Å². The highest BCUT2D eigenvalue weighted by molar-refractivity contribution is 5.82. The summed E-state index contributed by atoms with van der Waals surface area (Å²) in [5, 5.41) is 3.14. The molecular formula is C18H26N2O3. The van der Waals surface area contributed by atoms with Crippen molar-refractivity contribution in [3.8, 4) is 11.5 Å². The van der Waals surface area contributed by atoms with E-state index >= 15 is 0 Å². The zero-order valence-electron chi connectivity index (χ0n) is 14.1. The van der Waals surface area contributed by atoms with Crippen LogP contribution in [0.25, 0.3) is 0 Å². The van der Waals surface area contributed by atoms with Gasteiger partial charge >= 0.3 is 0 Å². The molecule has 1 amide bonds. The van der Waals surface area contributed by atoms with Crippen molar-refractivity contribution in [1.29, 1.82) is 0 Å². The van der Waals surface area contributed by atoms with Gasteiger partial charge in [0.15, 0.2) is 11.5 Å². The van der Waals surface area contributed by atoms with Crippen molar-refractivity contribution in [1.82, 2.24) is 10.2 Å². The van der Waals surface area contributed by atoms with Gasteiger partial charge in [-0.05, 0) is 45.7 Å². The number of piperidine rings is 1. The molecule has 0 bridgehead atoms. The number of likely N-dealkylation sites (tertiary alicyclic amines) is 1. The topological polar surface area (TPSA) is 50.8 Å². The minimum atomic E-state index is -0.590. The Morgan fingerprint density at radius 2 is 1.78 bits per heavy atom. The Balaban J connectivity index is 1.57. The monoisotopic (exact) mass is 318 g/mol. The average Bonchev–Trinajstić information content (AvgIpc) is 2.54. The third kappa shape index (κ3) is 3.61. The van der Waals surface area contributed by atoms with Crippen LogP contribution in [0.2, 0.25) is 0 Å². The van der Waals surface area contributed by atoms with Crippen LogP contribution in [0.3, 0.4) is 0 Å². The summed E-state index contributed by atoms with van der Waals surface area (Å²) in [5.74, 6) is 1.27. The van der Waals surface area contributed by atoms with E-state index in [0.29, 0.717) is 17.5 Å². The fourth-order valence-electron chi connectivity index (χ4n) is 3.25. The zero-order chi connectivity index (χ0) is 16.4. The molecule has 2 atom stereocenters. The zero-order valence-corrected chi connectivity index (χ0v) is 14.1. The van der Waals surface area contributed by atoms with Gasteiger partial charge in [0.1, 0.15) is 6.10 Å². The first kappa shape index (κ1) is 16.1. The molecule has 5 nitrogen and oxygen atoms in total. The van der Waals surface area contributed by atoms with Gasteiger partial charge in [-0.15, -0.1) is 0 Å². The van der Waals surface area contributed by atoms with Crippen LogP contribution in [0.5, 0.6) is 11.5 Å². The highest BCUT2D eigenvalue weighted by Crippen LogP contribution is 2.33. The molecule has 126 valence electrons.